The normalized spacial score (nSPS) is 32.5. The zero-order valence-electron chi connectivity index (χ0n) is 12.9. The lowest BCUT2D eigenvalue weighted by molar-refractivity contribution is -0.152. The van der Waals surface area contributed by atoms with Gasteiger partial charge in [-0.3, -0.25) is 9.59 Å². The van der Waals surface area contributed by atoms with Gasteiger partial charge in [0.1, 0.15) is 5.54 Å². The van der Waals surface area contributed by atoms with Crippen molar-refractivity contribution in [2.45, 2.75) is 63.5 Å². The maximum atomic E-state index is 12.9. The zero-order valence-corrected chi connectivity index (χ0v) is 12.9. The van der Waals surface area contributed by atoms with E-state index in [-0.39, 0.29) is 24.5 Å². The summed E-state index contributed by atoms with van der Waals surface area (Å²) in [6.07, 6.45) is 7.04. The van der Waals surface area contributed by atoms with Gasteiger partial charge in [-0.1, -0.05) is 26.2 Å². The van der Waals surface area contributed by atoms with E-state index in [0.29, 0.717) is 12.5 Å². The SMILES string of the molecule is CCC1OCCC1CN1CC(=O)NC2(CCCCC2)C1=O. The number of nitrogens with zero attached hydrogens (tertiary/aromatic N) is 1. The van der Waals surface area contributed by atoms with Crippen molar-refractivity contribution in [3.05, 3.63) is 0 Å². The van der Waals surface area contributed by atoms with Crippen molar-refractivity contribution in [1.29, 1.82) is 0 Å². The van der Waals surface area contributed by atoms with Gasteiger partial charge in [0.2, 0.25) is 11.8 Å². The van der Waals surface area contributed by atoms with Crippen molar-refractivity contribution in [2.75, 3.05) is 19.7 Å². The van der Waals surface area contributed by atoms with Gasteiger partial charge in [-0.15, -0.1) is 0 Å². The van der Waals surface area contributed by atoms with E-state index in [1.807, 2.05) is 0 Å². The summed E-state index contributed by atoms with van der Waals surface area (Å²) < 4.78 is 5.72. The Kier molecular flexibility index (Phi) is 4.20. The van der Waals surface area contributed by atoms with Crippen LogP contribution in [0.1, 0.15) is 51.9 Å². The molecule has 2 aliphatic heterocycles. The largest absolute Gasteiger partial charge is 0.378 e. The minimum absolute atomic E-state index is 0.00321. The summed E-state index contributed by atoms with van der Waals surface area (Å²) in [4.78, 5) is 26.8. The van der Waals surface area contributed by atoms with Gasteiger partial charge in [0.15, 0.2) is 0 Å². The molecule has 5 nitrogen and oxygen atoms in total. The Morgan fingerprint density at radius 3 is 2.76 bits per heavy atom. The molecule has 2 heterocycles. The molecule has 0 bridgehead atoms. The quantitative estimate of drug-likeness (QED) is 0.857. The molecular formula is C16H26N2O3. The maximum absolute atomic E-state index is 12.9. The van der Waals surface area contributed by atoms with E-state index in [1.54, 1.807) is 4.90 Å². The summed E-state index contributed by atoms with van der Waals surface area (Å²) in [5, 5.41) is 3.00. The van der Waals surface area contributed by atoms with Crippen molar-refractivity contribution in [2.24, 2.45) is 5.92 Å². The van der Waals surface area contributed by atoms with Crippen LogP contribution in [0.5, 0.6) is 0 Å². The average Bonchev–Trinajstić information content (AvgIpc) is 2.92. The van der Waals surface area contributed by atoms with Crippen LogP contribution in [0.3, 0.4) is 0 Å². The average molecular weight is 294 g/mol. The molecule has 0 aromatic carbocycles. The standard InChI is InChI=1S/C16H26N2O3/c1-2-13-12(6-9-21-13)10-18-11-14(19)17-16(15(18)20)7-4-3-5-8-16/h12-13H,2-11H2,1H3,(H,17,19). The minimum Gasteiger partial charge on any atom is -0.378 e. The topological polar surface area (TPSA) is 58.6 Å². The highest BCUT2D eigenvalue weighted by Crippen LogP contribution is 2.33. The van der Waals surface area contributed by atoms with Gasteiger partial charge in [-0.2, -0.15) is 0 Å². The molecule has 1 N–H and O–H groups in total. The molecular weight excluding hydrogens is 268 g/mol. The molecule has 0 aromatic rings. The van der Waals surface area contributed by atoms with Crippen LogP contribution in [-0.2, 0) is 14.3 Å². The lowest BCUT2D eigenvalue weighted by Crippen LogP contribution is -2.67. The first-order valence-corrected chi connectivity index (χ1v) is 8.36. The van der Waals surface area contributed by atoms with Crippen molar-refractivity contribution in [1.82, 2.24) is 10.2 Å². The number of carbonyl (C=O) groups excluding carboxylic acids is 2. The summed E-state index contributed by atoms with van der Waals surface area (Å²) in [5.41, 5.74) is -0.602. The predicted octanol–water partition coefficient (Wildman–Crippen LogP) is 1.46. The summed E-state index contributed by atoms with van der Waals surface area (Å²) in [6.45, 7) is 3.79. The molecule has 3 rings (SSSR count). The third kappa shape index (κ3) is 2.80. The Hall–Kier alpha value is -1.10. The van der Waals surface area contributed by atoms with Crippen LogP contribution in [0.25, 0.3) is 0 Å². The summed E-state index contributed by atoms with van der Waals surface area (Å²) in [7, 11) is 0. The van der Waals surface area contributed by atoms with Gasteiger partial charge in [-0.25, -0.2) is 0 Å². The molecule has 2 saturated heterocycles. The monoisotopic (exact) mass is 294 g/mol. The molecule has 5 heteroatoms. The number of hydrogen-bond donors (Lipinski definition) is 1. The van der Waals surface area contributed by atoms with E-state index >= 15 is 0 Å². The van der Waals surface area contributed by atoms with Crippen molar-refractivity contribution >= 4 is 11.8 Å². The second-order valence-corrected chi connectivity index (χ2v) is 6.74. The molecule has 0 aromatic heterocycles. The smallest absolute Gasteiger partial charge is 0.248 e. The van der Waals surface area contributed by atoms with Gasteiger partial charge in [0, 0.05) is 19.1 Å². The fourth-order valence-electron chi connectivity index (χ4n) is 4.19. The molecule has 21 heavy (non-hydrogen) atoms. The van der Waals surface area contributed by atoms with Crippen LogP contribution in [0.2, 0.25) is 0 Å². The van der Waals surface area contributed by atoms with E-state index in [4.69, 9.17) is 4.74 Å². The molecule has 3 aliphatic rings. The fourth-order valence-corrected chi connectivity index (χ4v) is 4.19. The fraction of sp³-hybridized carbons (Fsp3) is 0.875. The highest BCUT2D eigenvalue weighted by molar-refractivity contribution is 5.98. The van der Waals surface area contributed by atoms with Crippen LogP contribution in [-0.4, -0.2) is 48.1 Å². The van der Waals surface area contributed by atoms with Crippen molar-refractivity contribution in [3.63, 3.8) is 0 Å². The molecule has 1 saturated carbocycles. The third-order valence-electron chi connectivity index (χ3n) is 5.32. The number of nitrogens with one attached hydrogen (secondary N) is 1. The Balaban J connectivity index is 1.72. The molecule has 1 aliphatic carbocycles. The number of amides is 2. The number of ether oxygens (including phenoxy) is 1. The number of hydrogen-bond acceptors (Lipinski definition) is 3. The highest BCUT2D eigenvalue weighted by Gasteiger charge is 2.47. The van der Waals surface area contributed by atoms with Gasteiger partial charge in [0.25, 0.3) is 0 Å². The summed E-state index contributed by atoms with van der Waals surface area (Å²) in [6, 6.07) is 0. The van der Waals surface area contributed by atoms with Crippen LogP contribution >= 0.6 is 0 Å². The first-order chi connectivity index (χ1) is 10.1. The molecule has 2 amide bonds. The molecule has 2 unspecified atom stereocenters. The number of rotatable bonds is 3. The third-order valence-corrected chi connectivity index (χ3v) is 5.32. The first-order valence-electron chi connectivity index (χ1n) is 8.36. The Bertz CT molecular complexity index is 418. The van der Waals surface area contributed by atoms with Gasteiger partial charge in [-0.05, 0) is 25.7 Å². The lowest BCUT2D eigenvalue weighted by Gasteiger charge is -2.44. The first kappa shape index (κ1) is 14.8. The second-order valence-electron chi connectivity index (χ2n) is 6.74. The van der Waals surface area contributed by atoms with E-state index in [9.17, 15) is 9.59 Å². The van der Waals surface area contributed by atoms with Crippen LogP contribution in [0.4, 0.5) is 0 Å². The Labute approximate surface area is 126 Å². The summed E-state index contributed by atoms with van der Waals surface area (Å²) >= 11 is 0. The minimum atomic E-state index is -0.602. The van der Waals surface area contributed by atoms with Gasteiger partial charge < -0.3 is 15.0 Å². The van der Waals surface area contributed by atoms with Gasteiger partial charge >= 0.3 is 0 Å². The predicted molar refractivity (Wildman–Crippen MR) is 78.7 cm³/mol. The zero-order chi connectivity index (χ0) is 14.9. The van der Waals surface area contributed by atoms with E-state index in [0.717, 1.165) is 45.1 Å². The molecule has 0 radical (unpaired) electrons. The highest BCUT2D eigenvalue weighted by atomic mass is 16.5. The Morgan fingerprint density at radius 1 is 1.29 bits per heavy atom. The van der Waals surface area contributed by atoms with Crippen LogP contribution < -0.4 is 5.32 Å². The maximum Gasteiger partial charge on any atom is 0.248 e. The van der Waals surface area contributed by atoms with E-state index in [2.05, 4.69) is 12.2 Å². The Morgan fingerprint density at radius 2 is 2.05 bits per heavy atom. The summed E-state index contributed by atoms with van der Waals surface area (Å²) in [5.74, 6) is 0.525. The van der Waals surface area contributed by atoms with Crippen molar-refractivity contribution in [3.8, 4) is 0 Å². The van der Waals surface area contributed by atoms with E-state index in [1.165, 1.54) is 6.42 Å². The molecule has 1 spiro atoms. The van der Waals surface area contributed by atoms with Crippen molar-refractivity contribution < 1.29 is 14.3 Å². The molecule has 3 fully saturated rings. The lowest BCUT2D eigenvalue weighted by atomic mass is 9.79. The molecule has 2 atom stereocenters. The molecule has 118 valence electrons. The van der Waals surface area contributed by atoms with Crippen LogP contribution in [0, 0.1) is 5.92 Å². The van der Waals surface area contributed by atoms with Crippen LogP contribution in [0.15, 0.2) is 0 Å². The van der Waals surface area contributed by atoms with Gasteiger partial charge in [0.05, 0.1) is 12.6 Å². The number of carbonyl (C=O) groups is 2. The second kappa shape index (κ2) is 5.95. The number of piperazine rings is 1. The van der Waals surface area contributed by atoms with E-state index < -0.39 is 5.54 Å².